The van der Waals surface area contributed by atoms with E-state index in [9.17, 15) is 14.7 Å². The number of esters is 2. The number of aliphatic hydroxyl groups is 1. The van der Waals surface area contributed by atoms with Crippen LogP contribution in [0.5, 0.6) is 0 Å². The fraction of sp³-hybridized carbons (Fsp3) is 0.947. The van der Waals surface area contributed by atoms with Gasteiger partial charge in [0.1, 0.15) is 6.10 Å². The predicted molar refractivity (Wildman–Crippen MR) is 186 cm³/mol. The van der Waals surface area contributed by atoms with Gasteiger partial charge in [0, 0.05) is 19.4 Å². The van der Waals surface area contributed by atoms with E-state index in [2.05, 4.69) is 25.7 Å². The van der Waals surface area contributed by atoms with Crippen LogP contribution in [0.25, 0.3) is 0 Å². The first-order chi connectivity index (χ1) is 21.6. The van der Waals surface area contributed by atoms with Crippen molar-refractivity contribution < 1.29 is 24.2 Å². The first-order valence-corrected chi connectivity index (χ1v) is 19.3. The van der Waals surface area contributed by atoms with E-state index in [1.807, 2.05) is 0 Å². The Labute approximate surface area is 273 Å². The first-order valence-electron chi connectivity index (χ1n) is 19.3. The van der Waals surface area contributed by atoms with Crippen molar-refractivity contribution in [1.82, 2.24) is 4.90 Å². The largest absolute Gasteiger partial charge is 0.466 e. The molecule has 0 unspecified atom stereocenters. The maximum absolute atomic E-state index is 12.6. The van der Waals surface area contributed by atoms with E-state index >= 15 is 0 Å². The topological polar surface area (TPSA) is 76.1 Å². The molecule has 0 bridgehead atoms. The van der Waals surface area contributed by atoms with Crippen LogP contribution in [-0.4, -0.2) is 60.9 Å². The molecule has 6 heteroatoms. The van der Waals surface area contributed by atoms with Gasteiger partial charge in [-0.3, -0.25) is 9.59 Å². The van der Waals surface area contributed by atoms with Gasteiger partial charge in [-0.25, -0.2) is 0 Å². The molecule has 0 aliphatic rings. The molecule has 262 valence electrons. The Morgan fingerprint density at radius 1 is 0.523 bits per heavy atom. The number of carbonyl (C=O) groups is 2. The smallest absolute Gasteiger partial charge is 0.306 e. The SMILES string of the molecule is CCCCCCCCCOC(=O)CCCCCN(CCO)CCCCCC(=O)OC(CCCCCCC)CCCCCCC. The third kappa shape index (κ3) is 30.9. The Morgan fingerprint density at radius 3 is 1.45 bits per heavy atom. The lowest BCUT2D eigenvalue weighted by molar-refractivity contribution is -0.150. The van der Waals surface area contributed by atoms with E-state index < -0.39 is 0 Å². The maximum atomic E-state index is 12.6. The Bertz CT molecular complexity index is 600. The second kappa shape index (κ2) is 34.7. The molecule has 0 atom stereocenters. The third-order valence-corrected chi connectivity index (χ3v) is 8.70. The van der Waals surface area contributed by atoms with Crippen molar-refractivity contribution in [3.8, 4) is 0 Å². The number of unbranched alkanes of at least 4 members (excludes halogenated alkanes) is 18. The highest BCUT2D eigenvalue weighted by atomic mass is 16.5. The molecule has 0 saturated heterocycles. The monoisotopic (exact) mass is 626 g/mol. The molecule has 0 fully saturated rings. The highest BCUT2D eigenvalue weighted by Gasteiger charge is 2.14. The van der Waals surface area contributed by atoms with Gasteiger partial charge in [-0.15, -0.1) is 0 Å². The molecular weight excluding hydrogens is 550 g/mol. The number of hydrogen-bond acceptors (Lipinski definition) is 6. The molecule has 6 nitrogen and oxygen atoms in total. The highest BCUT2D eigenvalue weighted by molar-refractivity contribution is 5.69. The zero-order valence-electron chi connectivity index (χ0n) is 29.7. The van der Waals surface area contributed by atoms with E-state index in [4.69, 9.17) is 9.47 Å². The normalized spacial score (nSPS) is 11.5. The van der Waals surface area contributed by atoms with Crippen LogP contribution in [0.15, 0.2) is 0 Å². The minimum absolute atomic E-state index is 0.0229. The van der Waals surface area contributed by atoms with Crippen molar-refractivity contribution in [2.24, 2.45) is 0 Å². The summed E-state index contributed by atoms with van der Waals surface area (Å²) in [7, 11) is 0. The van der Waals surface area contributed by atoms with Crippen molar-refractivity contribution in [2.75, 3.05) is 32.8 Å². The van der Waals surface area contributed by atoms with Gasteiger partial charge in [0.15, 0.2) is 0 Å². The summed E-state index contributed by atoms with van der Waals surface area (Å²) in [6, 6.07) is 0. The summed E-state index contributed by atoms with van der Waals surface area (Å²) in [6.45, 7) is 10.0. The lowest BCUT2D eigenvalue weighted by Gasteiger charge is -2.21. The van der Waals surface area contributed by atoms with Gasteiger partial charge in [0.25, 0.3) is 0 Å². The van der Waals surface area contributed by atoms with E-state index in [1.165, 1.54) is 83.5 Å². The number of aliphatic hydroxyl groups excluding tert-OH is 1. The summed E-state index contributed by atoms with van der Waals surface area (Å²) >= 11 is 0. The summed E-state index contributed by atoms with van der Waals surface area (Å²) in [4.78, 5) is 26.9. The average Bonchev–Trinajstić information content (AvgIpc) is 3.01. The van der Waals surface area contributed by atoms with E-state index in [1.54, 1.807) is 0 Å². The Hall–Kier alpha value is -1.14. The molecule has 44 heavy (non-hydrogen) atoms. The van der Waals surface area contributed by atoms with Crippen LogP contribution < -0.4 is 0 Å². The summed E-state index contributed by atoms with van der Waals surface area (Å²) < 4.78 is 11.4. The Balaban J connectivity index is 4.02. The van der Waals surface area contributed by atoms with Gasteiger partial charge in [0.2, 0.25) is 0 Å². The van der Waals surface area contributed by atoms with Crippen molar-refractivity contribution in [3.05, 3.63) is 0 Å². The molecule has 0 aliphatic heterocycles. The molecule has 0 saturated carbocycles. The molecule has 0 aromatic rings. The zero-order valence-corrected chi connectivity index (χ0v) is 29.7. The third-order valence-electron chi connectivity index (χ3n) is 8.70. The second-order valence-electron chi connectivity index (χ2n) is 13.0. The Kier molecular flexibility index (Phi) is 33.8. The number of nitrogens with zero attached hydrogens (tertiary/aromatic N) is 1. The van der Waals surface area contributed by atoms with Crippen LogP contribution in [0.1, 0.15) is 194 Å². The maximum Gasteiger partial charge on any atom is 0.306 e. The molecule has 0 rings (SSSR count). The number of hydrogen-bond donors (Lipinski definition) is 1. The second-order valence-corrected chi connectivity index (χ2v) is 13.0. The minimum Gasteiger partial charge on any atom is -0.466 e. The molecule has 1 N–H and O–H groups in total. The van der Waals surface area contributed by atoms with Crippen molar-refractivity contribution >= 4 is 11.9 Å². The van der Waals surface area contributed by atoms with Gasteiger partial charge in [-0.1, -0.05) is 124 Å². The van der Waals surface area contributed by atoms with Gasteiger partial charge >= 0.3 is 11.9 Å². The van der Waals surface area contributed by atoms with E-state index in [0.29, 0.717) is 26.0 Å². The summed E-state index contributed by atoms with van der Waals surface area (Å²) in [5.41, 5.74) is 0. The minimum atomic E-state index is -0.0630. The average molecular weight is 626 g/mol. The molecule has 0 aromatic heterocycles. The molecule has 0 heterocycles. The number of ether oxygens (including phenoxy) is 2. The Morgan fingerprint density at radius 2 is 0.955 bits per heavy atom. The molecule has 0 radical (unpaired) electrons. The highest BCUT2D eigenvalue weighted by Crippen LogP contribution is 2.18. The van der Waals surface area contributed by atoms with Crippen LogP contribution in [0, 0.1) is 0 Å². The van der Waals surface area contributed by atoms with Crippen LogP contribution in [-0.2, 0) is 19.1 Å². The summed E-state index contributed by atoms with van der Waals surface area (Å²) in [6.07, 6.45) is 30.0. The van der Waals surface area contributed by atoms with E-state index in [0.717, 1.165) is 90.1 Å². The molecular formula is C38H75NO5. The van der Waals surface area contributed by atoms with Crippen LogP contribution in [0.4, 0.5) is 0 Å². The molecule has 0 amide bonds. The molecule has 0 spiro atoms. The zero-order chi connectivity index (χ0) is 32.4. The summed E-state index contributed by atoms with van der Waals surface area (Å²) in [5.74, 6) is -0.0859. The lowest BCUT2D eigenvalue weighted by atomic mass is 10.0. The van der Waals surface area contributed by atoms with Gasteiger partial charge in [-0.2, -0.15) is 0 Å². The lowest BCUT2D eigenvalue weighted by Crippen LogP contribution is -2.29. The number of carbonyl (C=O) groups excluding carboxylic acids is 2. The van der Waals surface area contributed by atoms with Crippen molar-refractivity contribution in [1.29, 1.82) is 0 Å². The fourth-order valence-corrected chi connectivity index (χ4v) is 5.82. The standard InChI is InChI=1S/C38H75NO5/c1-4-7-10-13-14-17-26-35-43-37(41)29-22-18-24-31-39(33-34-40)32-25-19-23-30-38(42)44-36(27-20-15-11-8-5-2)28-21-16-12-9-6-3/h36,40H,4-35H2,1-3H3. The van der Waals surface area contributed by atoms with Crippen LogP contribution in [0.3, 0.4) is 0 Å². The van der Waals surface area contributed by atoms with Crippen molar-refractivity contribution in [3.63, 3.8) is 0 Å². The fourth-order valence-electron chi connectivity index (χ4n) is 5.82. The van der Waals surface area contributed by atoms with Gasteiger partial charge in [0.05, 0.1) is 13.2 Å². The van der Waals surface area contributed by atoms with Crippen molar-refractivity contribution in [2.45, 2.75) is 200 Å². The quantitative estimate of drug-likeness (QED) is 0.0558. The van der Waals surface area contributed by atoms with Crippen LogP contribution >= 0.6 is 0 Å². The van der Waals surface area contributed by atoms with Gasteiger partial charge in [-0.05, 0) is 70.9 Å². The summed E-state index contributed by atoms with van der Waals surface area (Å²) in [5, 5.41) is 9.49. The predicted octanol–water partition coefficient (Wildman–Crippen LogP) is 10.3. The van der Waals surface area contributed by atoms with E-state index in [-0.39, 0.29) is 24.6 Å². The number of rotatable bonds is 35. The molecule has 0 aromatic carbocycles. The molecule has 0 aliphatic carbocycles. The van der Waals surface area contributed by atoms with Gasteiger partial charge < -0.3 is 19.5 Å². The first kappa shape index (κ1) is 42.9. The van der Waals surface area contributed by atoms with Crippen LogP contribution in [0.2, 0.25) is 0 Å².